The Balaban J connectivity index is 1.51. The molecule has 0 aliphatic carbocycles. The van der Waals surface area contributed by atoms with Crippen LogP contribution < -0.4 is 16.6 Å². The molecule has 28 heavy (non-hydrogen) atoms. The lowest BCUT2D eigenvalue weighted by molar-refractivity contribution is -0.113. The predicted octanol–water partition coefficient (Wildman–Crippen LogP) is 2.62. The highest BCUT2D eigenvalue weighted by molar-refractivity contribution is 7.99. The monoisotopic (exact) mass is 399 g/mol. The van der Waals surface area contributed by atoms with Crippen molar-refractivity contribution >= 4 is 35.5 Å². The lowest BCUT2D eigenvalue weighted by atomic mass is 10.2. The predicted molar refractivity (Wildman–Crippen MR) is 108 cm³/mol. The number of carbonyl (C=O) groups excluding carboxylic acids is 1. The third-order valence-electron chi connectivity index (χ3n) is 3.58. The van der Waals surface area contributed by atoms with Gasteiger partial charge in [-0.05, 0) is 36.8 Å². The second kappa shape index (κ2) is 9.00. The molecule has 0 saturated carbocycles. The number of hydrogen-bond donors (Lipinski definition) is 3. The summed E-state index contributed by atoms with van der Waals surface area (Å²) in [6.45, 7) is 1.98. The molecule has 8 nitrogen and oxygen atoms in total. The number of benzene rings is 2. The van der Waals surface area contributed by atoms with Gasteiger partial charge >= 0.3 is 0 Å². The lowest BCUT2D eigenvalue weighted by Crippen LogP contribution is -2.16. The molecule has 3 rings (SSSR count). The Morgan fingerprint density at radius 1 is 1.21 bits per heavy atom. The van der Waals surface area contributed by atoms with Gasteiger partial charge in [0.15, 0.2) is 0 Å². The minimum absolute atomic E-state index is 0.127. The van der Waals surface area contributed by atoms with E-state index in [-0.39, 0.29) is 23.4 Å². The SMILES string of the molecule is Cc1ccc(NC(=O)CSc2nnc(N/N=C/c3ccc(F)cc3)n2N)cc1. The van der Waals surface area contributed by atoms with Crippen molar-refractivity contribution in [1.82, 2.24) is 14.9 Å². The van der Waals surface area contributed by atoms with Gasteiger partial charge in [0.2, 0.25) is 11.1 Å². The molecular weight excluding hydrogens is 381 g/mol. The number of aryl methyl sites for hydroxylation is 1. The Morgan fingerprint density at radius 3 is 2.64 bits per heavy atom. The highest BCUT2D eigenvalue weighted by Crippen LogP contribution is 2.17. The molecule has 0 aliphatic heterocycles. The Bertz CT molecular complexity index is 971. The van der Waals surface area contributed by atoms with Gasteiger partial charge in [-0.2, -0.15) is 5.10 Å². The van der Waals surface area contributed by atoms with Crippen molar-refractivity contribution < 1.29 is 9.18 Å². The normalized spacial score (nSPS) is 10.9. The molecule has 0 spiro atoms. The van der Waals surface area contributed by atoms with Crippen LogP contribution in [0.2, 0.25) is 0 Å². The second-order valence-electron chi connectivity index (χ2n) is 5.80. The first kappa shape index (κ1) is 19.4. The molecule has 0 aliphatic rings. The van der Waals surface area contributed by atoms with E-state index in [1.807, 2.05) is 31.2 Å². The maximum Gasteiger partial charge on any atom is 0.264 e. The van der Waals surface area contributed by atoms with Gasteiger partial charge in [0.25, 0.3) is 5.95 Å². The first-order valence-electron chi connectivity index (χ1n) is 8.26. The molecule has 10 heteroatoms. The van der Waals surface area contributed by atoms with Crippen molar-refractivity contribution in [3.8, 4) is 0 Å². The molecule has 0 fully saturated rings. The third-order valence-corrected chi connectivity index (χ3v) is 4.52. The van der Waals surface area contributed by atoms with E-state index in [0.717, 1.165) is 23.0 Å². The Hall–Kier alpha value is -3.40. The van der Waals surface area contributed by atoms with Crippen molar-refractivity contribution in [1.29, 1.82) is 0 Å². The van der Waals surface area contributed by atoms with Crippen LogP contribution in [0.4, 0.5) is 16.0 Å². The van der Waals surface area contributed by atoms with Crippen LogP contribution in [0.25, 0.3) is 0 Å². The number of nitrogens with zero attached hydrogens (tertiary/aromatic N) is 4. The Labute approximate surface area is 165 Å². The number of hydrogen-bond acceptors (Lipinski definition) is 7. The van der Waals surface area contributed by atoms with Gasteiger partial charge in [0.05, 0.1) is 12.0 Å². The van der Waals surface area contributed by atoms with E-state index < -0.39 is 0 Å². The van der Waals surface area contributed by atoms with Crippen LogP contribution in [0, 0.1) is 12.7 Å². The Morgan fingerprint density at radius 2 is 1.93 bits per heavy atom. The molecule has 3 aromatic rings. The lowest BCUT2D eigenvalue weighted by Gasteiger charge is -2.05. The first-order chi connectivity index (χ1) is 13.5. The largest absolute Gasteiger partial charge is 0.334 e. The van der Waals surface area contributed by atoms with E-state index in [0.29, 0.717) is 10.7 Å². The molecular formula is C18H18FN7OS. The fourth-order valence-electron chi connectivity index (χ4n) is 2.13. The van der Waals surface area contributed by atoms with Crippen LogP contribution in [-0.4, -0.2) is 32.7 Å². The molecule has 1 aromatic heterocycles. The fraction of sp³-hybridized carbons (Fsp3) is 0.111. The summed E-state index contributed by atoms with van der Waals surface area (Å²) in [5.41, 5.74) is 5.20. The molecule has 0 atom stereocenters. The smallest absolute Gasteiger partial charge is 0.264 e. The number of rotatable bonds is 7. The average Bonchev–Trinajstić information content (AvgIpc) is 3.03. The summed E-state index contributed by atoms with van der Waals surface area (Å²) in [7, 11) is 0. The van der Waals surface area contributed by atoms with Crippen molar-refractivity contribution in [2.24, 2.45) is 5.10 Å². The molecule has 4 N–H and O–H groups in total. The number of aromatic nitrogens is 3. The molecule has 1 amide bonds. The molecule has 144 valence electrons. The van der Waals surface area contributed by atoms with Gasteiger partial charge in [0.1, 0.15) is 5.82 Å². The van der Waals surface area contributed by atoms with Gasteiger partial charge in [-0.1, -0.05) is 41.6 Å². The van der Waals surface area contributed by atoms with Crippen molar-refractivity contribution in [2.75, 3.05) is 22.3 Å². The van der Waals surface area contributed by atoms with Crippen molar-refractivity contribution in [3.63, 3.8) is 0 Å². The number of halogens is 1. The van der Waals surface area contributed by atoms with Gasteiger partial charge in [-0.25, -0.2) is 14.5 Å². The molecule has 1 heterocycles. The summed E-state index contributed by atoms with van der Waals surface area (Å²) in [6.07, 6.45) is 1.50. The van der Waals surface area contributed by atoms with E-state index in [1.54, 1.807) is 12.1 Å². The van der Waals surface area contributed by atoms with E-state index in [1.165, 1.54) is 23.0 Å². The zero-order valence-electron chi connectivity index (χ0n) is 15.0. The van der Waals surface area contributed by atoms with Gasteiger partial charge in [-0.15, -0.1) is 10.2 Å². The summed E-state index contributed by atoms with van der Waals surface area (Å²) in [5.74, 6) is 5.75. The summed E-state index contributed by atoms with van der Waals surface area (Å²) in [6, 6.07) is 13.4. The summed E-state index contributed by atoms with van der Waals surface area (Å²) < 4.78 is 14.1. The number of nitrogen functional groups attached to an aromatic ring is 1. The number of hydrazone groups is 1. The number of anilines is 2. The number of nitrogens with one attached hydrogen (secondary N) is 2. The standard InChI is InChI=1S/C18H18FN7OS/c1-12-2-8-15(9-3-12)22-16(27)11-28-18-25-24-17(26(18)20)23-21-10-13-4-6-14(19)7-5-13/h2-10H,11,20H2,1H3,(H,22,27)(H,23,24)/b21-10+. The van der Waals surface area contributed by atoms with Crippen LogP contribution in [0.3, 0.4) is 0 Å². The highest BCUT2D eigenvalue weighted by Gasteiger charge is 2.12. The fourth-order valence-corrected chi connectivity index (χ4v) is 2.79. The Kier molecular flexibility index (Phi) is 6.22. The number of amides is 1. The molecule has 0 radical (unpaired) electrons. The van der Waals surface area contributed by atoms with Gasteiger partial charge in [-0.3, -0.25) is 4.79 Å². The van der Waals surface area contributed by atoms with E-state index in [2.05, 4.69) is 26.0 Å². The summed E-state index contributed by atoms with van der Waals surface area (Å²) in [4.78, 5) is 12.0. The molecule has 0 saturated heterocycles. The molecule has 2 aromatic carbocycles. The third kappa shape index (κ3) is 5.30. The molecule has 0 bridgehead atoms. The van der Waals surface area contributed by atoms with Crippen molar-refractivity contribution in [3.05, 3.63) is 65.5 Å². The number of nitrogens with two attached hydrogens (primary N) is 1. The quantitative estimate of drug-likeness (QED) is 0.244. The zero-order chi connectivity index (χ0) is 19.9. The summed E-state index contributed by atoms with van der Waals surface area (Å²) >= 11 is 1.15. The van der Waals surface area contributed by atoms with Crippen LogP contribution in [0.15, 0.2) is 58.8 Å². The second-order valence-corrected chi connectivity index (χ2v) is 6.74. The highest BCUT2D eigenvalue weighted by atomic mass is 32.2. The maximum atomic E-state index is 12.9. The van der Waals surface area contributed by atoms with Gasteiger partial charge < -0.3 is 11.2 Å². The summed E-state index contributed by atoms with van der Waals surface area (Å²) in [5, 5.41) is 15.0. The number of thioether (sulfide) groups is 1. The zero-order valence-corrected chi connectivity index (χ0v) is 15.8. The maximum absolute atomic E-state index is 12.9. The minimum atomic E-state index is -0.320. The van der Waals surface area contributed by atoms with Crippen LogP contribution in [-0.2, 0) is 4.79 Å². The topological polar surface area (TPSA) is 110 Å². The van der Waals surface area contributed by atoms with Crippen LogP contribution in [0.5, 0.6) is 0 Å². The van der Waals surface area contributed by atoms with Gasteiger partial charge in [0, 0.05) is 5.69 Å². The van der Waals surface area contributed by atoms with E-state index >= 15 is 0 Å². The van der Waals surface area contributed by atoms with Crippen LogP contribution in [0.1, 0.15) is 11.1 Å². The van der Waals surface area contributed by atoms with E-state index in [4.69, 9.17) is 5.84 Å². The van der Waals surface area contributed by atoms with E-state index in [9.17, 15) is 9.18 Å². The average molecular weight is 399 g/mol. The molecule has 0 unspecified atom stereocenters. The minimum Gasteiger partial charge on any atom is -0.334 e. The van der Waals surface area contributed by atoms with Crippen molar-refractivity contribution in [2.45, 2.75) is 12.1 Å². The number of carbonyl (C=O) groups is 1. The van der Waals surface area contributed by atoms with Crippen LogP contribution >= 0.6 is 11.8 Å². The first-order valence-corrected chi connectivity index (χ1v) is 9.24.